The van der Waals surface area contributed by atoms with E-state index in [1.165, 1.54) is 15.2 Å². The van der Waals surface area contributed by atoms with Crippen molar-refractivity contribution in [1.29, 1.82) is 0 Å². The van der Waals surface area contributed by atoms with Gasteiger partial charge in [0.15, 0.2) is 5.65 Å². The van der Waals surface area contributed by atoms with Crippen LogP contribution in [-0.2, 0) is 24.4 Å². The van der Waals surface area contributed by atoms with E-state index in [0.29, 0.717) is 23.3 Å². The second-order valence-electron chi connectivity index (χ2n) is 5.97. The normalized spacial score (nSPS) is 10.9. The first kappa shape index (κ1) is 18.5. The Morgan fingerprint density at radius 3 is 2.59 bits per heavy atom. The van der Waals surface area contributed by atoms with Crippen LogP contribution < -0.4 is 16.4 Å². The van der Waals surface area contributed by atoms with E-state index < -0.39 is 16.9 Å². The largest absolute Gasteiger partial charge is 0.352 e. The summed E-state index contributed by atoms with van der Waals surface area (Å²) in [6, 6.07) is 9.52. The fourth-order valence-corrected chi connectivity index (χ4v) is 2.90. The summed E-state index contributed by atoms with van der Waals surface area (Å²) < 4.78 is 16.2. The molecule has 27 heavy (non-hydrogen) atoms. The molecule has 0 saturated carbocycles. The average molecular weight is 370 g/mol. The Morgan fingerprint density at radius 2 is 1.85 bits per heavy atom. The van der Waals surface area contributed by atoms with Gasteiger partial charge in [-0.1, -0.05) is 18.2 Å². The minimum atomic E-state index is -0.695. The first-order valence-corrected chi connectivity index (χ1v) is 8.61. The van der Waals surface area contributed by atoms with Crippen LogP contribution in [0, 0.1) is 5.82 Å². The summed E-state index contributed by atoms with van der Waals surface area (Å²) in [6.45, 7) is 2.17. The Morgan fingerprint density at radius 1 is 1.11 bits per heavy atom. The highest BCUT2D eigenvalue weighted by molar-refractivity contribution is 5.76. The summed E-state index contributed by atoms with van der Waals surface area (Å²) in [5.74, 6) is -0.740. The molecule has 140 valence electrons. The summed E-state index contributed by atoms with van der Waals surface area (Å²) in [5.41, 5.74) is -0.0971. The highest BCUT2D eigenvalue weighted by Gasteiger charge is 2.14. The van der Waals surface area contributed by atoms with Gasteiger partial charge in [-0.2, -0.15) is 0 Å². The first-order valence-electron chi connectivity index (χ1n) is 8.61. The number of hydrogen-bond acceptors (Lipinski definition) is 4. The molecule has 8 heteroatoms. The van der Waals surface area contributed by atoms with Crippen molar-refractivity contribution < 1.29 is 9.18 Å². The Balaban J connectivity index is 1.78. The predicted molar refractivity (Wildman–Crippen MR) is 98.8 cm³/mol. The molecule has 0 saturated heterocycles. The number of rotatable bonds is 6. The molecule has 0 spiro atoms. The predicted octanol–water partition coefficient (Wildman–Crippen LogP) is 1.42. The van der Waals surface area contributed by atoms with E-state index in [9.17, 15) is 18.8 Å². The zero-order valence-corrected chi connectivity index (χ0v) is 14.8. The van der Waals surface area contributed by atoms with E-state index in [1.807, 2.05) is 0 Å². The zero-order chi connectivity index (χ0) is 19.4. The molecule has 0 atom stereocenters. The third-order valence-corrected chi connectivity index (χ3v) is 4.30. The number of hydrogen-bond donors (Lipinski definition) is 1. The Hall–Kier alpha value is -3.29. The number of nitrogens with one attached hydrogen (secondary N) is 1. The van der Waals surface area contributed by atoms with Crippen molar-refractivity contribution >= 4 is 17.1 Å². The standard InChI is InChI=1S/C19H19FN4O3/c1-2-23-17-15(8-5-10-21-17)24(19(27)18(23)26)11-9-16(25)22-12-13-6-3-4-7-14(13)20/h3-8,10H,2,9,11-12H2,1H3,(H,22,25). The lowest BCUT2D eigenvalue weighted by Gasteiger charge is -2.13. The molecular weight excluding hydrogens is 351 g/mol. The molecule has 0 unspecified atom stereocenters. The maximum atomic E-state index is 13.6. The zero-order valence-electron chi connectivity index (χ0n) is 14.8. The molecule has 0 aliphatic heterocycles. The molecule has 0 fully saturated rings. The molecule has 1 aromatic carbocycles. The van der Waals surface area contributed by atoms with Gasteiger partial charge in [-0.25, -0.2) is 9.37 Å². The molecule has 0 aliphatic rings. The Bertz CT molecular complexity index is 1100. The first-order chi connectivity index (χ1) is 13.0. The van der Waals surface area contributed by atoms with Gasteiger partial charge in [-0.15, -0.1) is 0 Å². The number of nitrogens with zero attached hydrogens (tertiary/aromatic N) is 3. The number of carbonyl (C=O) groups is 1. The van der Waals surface area contributed by atoms with Gasteiger partial charge >= 0.3 is 11.1 Å². The van der Waals surface area contributed by atoms with Gasteiger partial charge < -0.3 is 9.88 Å². The van der Waals surface area contributed by atoms with Crippen molar-refractivity contribution in [2.75, 3.05) is 0 Å². The van der Waals surface area contributed by atoms with Crippen molar-refractivity contribution in [3.63, 3.8) is 0 Å². The van der Waals surface area contributed by atoms with Gasteiger partial charge in [0.05, 0.1) is 5.52 Å². The summed E-state index contributed by atoms with van der Waals surface area (Å²) in [5, 5.41) is 2.62. The van der Waals surface area contributed by atoms with E-state index >= 15 is 0 Å². The molecule has 2 aromatic heterocycles. The van der Waals surface area contributed by atoms with Crippen LogP contribution in [-0.4, -0.2) is 20.0 Å². The van der Waals surface area contributed by atoms with Crippen molar-refractivity contribution in [3.8, 4) is 0 Å². The summed E-state index contributed by atoms with van der Waals surface area (Å²) in [7, 11) is 0. The van der Waals surface area contributed by atoms with Crippen LogP contribution in [0.3, 0.4) is 0 Å². The Labute approximate surface area is 154 Å². The quantitative estimate of drug-likeness (QED) is 0.665. The lowest BCUT2D eigenvalue weighted by molar-refractivity contribution is -0.121. The fraction of sp³-hybridized carbons (Fsp3) is 0.263. The molecule has 7 nitrogen and oxygen atoms in total. The molecule has 3 rings (SSSR count). The van der Waals surface area contributed by atoms with Crippen LogP contribution in [0.4, 0.5) is 4.39 Å². The van der Waals surface area contributed by atoms with E-state index in [-0.39, 0.29) is 25.4 Å². The molecule has 0 radical (unpaired) electrons. The highest BCUT2D eigenvalue weighted by Crippen LogP contribution is 2.08. The number of benzene rings is 1. The van der Waals surface area contributed by atoms with Crippen molar-refractivity contribution in [1.82, 2.24) is 19.4 Å². The fourth-order valence-electron chi connectivity index (χ4n) is 2.90. The number of amides is 1. The van der Waals surface area contributed by atoms with Crippen LogP contribution >= 0.6 is 0 Å². The number of aromatic nitrogens is 3. The van der Waals surface area contributed by atoms with E-state index in [4.69, 9.17) is 0 Å². The third-order valence-electron chi connectivity index (χ3n) is 4.30. The molecule has 0 bridgehead atoms. The van der Waals surface area contributed by atoms with Crippen molar-refractivity contribution in [2.24, 2.45) is 0 Å². The smallest absolute Gasteiger partial charge is 0.318 e. The van der Waals surface area contributed by atoms with Crippen molar-refractivity contribution in [3.05, 3.63) is 74.7 Å². The minimum absolute atomic E-state index is 0.0199. The molecular formula is C19H19FN4O3. The van der Waals surface area contributed by atoms with Gasteiger partial charge in [0.1, 0.15) is 5.82 Å². The van der Waals surface area contributed by atoms with E-state index in [1.54, 1.807) is 43.5 Å². The van der Waals surface area contributed by atoms with Gasteiger partial charge in [0.25, 0.3) is 0 Å². The van der Waals surface area contributed by atoms with Crippen LogP contribution in [0.5, 0.6) is 0 Å². The second-order valence-corrected chi connectivity index (χ2v) is 5.97. The van der Waals surface area contributed by atoms with Gasteiger partial charge in [0.2, 0.25) is 5.91 Å². The number of fused-ring (bicyclic) bond motifs is 1. The average Bonchev–Trinajstić information content (AvgIpc) is 2.68. The molecule has 1 amide bonds. The van der Waals surface area contributed by atoms with Gasteiger partial charge in [-0.05, 0) is 25.1 Å². The van der Waals surface area contributed by atoms with Crippen LogP contribution in [0.25, 0.3) is 11.2 Å². The number of halogens is 1. The summed E-state index contributed by atoms with van der Waals surface area (Å²) in [4.78, 5) is 41.0. The lowest BCUT2D eigenvalue weighted by atomic mass is 10.2. The summed E-state index contributed by atoms with van der Waals surface area (Å²) >= 11 is 0. The monoisotopic (exact) mass is 370 g/mol. The molecule has 0 aliphatic carbocycles. The number of pyridine rings is 1. The minimum Gasteiger partial charge on any atom is -0.352 e. The number of carbonyl (C=O) groups excluding carboxylic acids is 1. The molecule has 3 aromatic rings. The van der Waals surface area contributed by atoms with Gasteiger partial charge in [0, 0.05) is 37.8 Å². The van der Waals surface area contributed by atoms with Crippen LogP contribution in [0.2, 0.25) is 0 Å². The van der Waals surface area contributed by atoms with E-state index in [0.717, 1.165) is 0 Å². The number of aryl methyl sites for hydroxylation is 2. The highest BCUT2D eigenvalue weighted by atomic mass is 19.1. The molecule has 2 heterocycles. The lowest BCUT2D eigenvalue weighted by Crippen LogP contribution is -2.42. The molecule has 1 N–H and O–H groups in total. The van der Waals surface area contributed by atoms with Gasteiger partial charge in [-0.3, -0.25) is 19.0 Å². The van der Waals surface area contributed by atoms with E-state index in [2.05, 4.69) is 10.3 Å². The third kappa shape index (κ3) is 3.79. The van der Waals surface area contributed by atoms with Crippen LogP contribution in [0.15, 0.2) is 52.2 Å². The SMILES string of the molecule is CCn1c(=O)c(=O)n(CCC(=O)NCc2ccccc2F)c2cccnc21. The summed E-state index contributed by atoms with van der Waals surface area (Å²) in [6.07, 6.45) is 1.53. The van der Waals surface area contributed by atoms with Crippen molar-refractivity contribution in [2.45, 2.75) is 33.0 Å². The van der Waals surface area contributed by atoms with Crippen LogP contribution in [0.1, 0.15) is 18.9 Å². The maximum absolute atomic E-state index is 13.6. The topological polar surface area (TPSA) is 86.0 Å². The maximum Gasteiger partial charge on any atom is 0.318 e. The second kappa shape index (κ2) is 7.94. The Kier molecular flexibility index (Phi) is 5.44.